The first-order valence-corrected chi connectivity index (χ1v) is 11.3. The number of nitrogens with one attached hydrogen (secondary N) is 2. The van der Waals surface area contributed by atoms with Crippen LogP contribution in [0.25, 0.3) is 10.8 Å². The number of piperidine rings is 1. The summed E-state index contributed by atoms with van der Waals surface area (Å²) in [5.41, 5.74) is 0.538. The lowest BCUT2D eigenvalue weighted by molar-refractivity contribution is -0.127. The molecule has 2 aromatic rings. The van der Waals surface area contributed by atoms with E-state index in [0.29, 0.717) is 12.3 Å². The molecule has 2 heterocycles. The van der Waals surface area contributed by atoms with E-state index in [1.807, 2.05) is 12.1 Å². The fourth-order valence-corrected chi connectivity index (χ4v) is 5.16. The summed E-state index contributed by atoms with van der Waals surface area (Å²) < 4.78 is 5.53. The Balaban J connectivity index is 1.47. The van der Waals surface area contributed by atoms with E-state index in [4.69, 9.17) is 4.74 Å². The molecule has 166 valence electrons. The van der Waals surface area contributed by atoms with Crippen LogP contribution in [-0.2, 0) is 11.3 Å². The normalized spacial score (nSPS) is 22.7. The van der Waals surface area contributed by atoms with Crippen LogP contribution in [0, 0.1) is 11.8 Å². The predicted molar refractivity (Wildman–Crippen MR) is 122 cm³/mol. The second kappa shape index (κ2) is 8.87. The molecular weight excluding hydrogens is 390 g/mol. The molecule has 0 saturated carbocycles. The van der Waals surface area contributed by atoms with Crippen molar-refractivity contribution in [3.05, 3.63) is 42.0 Å². The summed E-state index contributed by atoms with van der Waals surface area (Å²) in [6.07, 6.45) is 3.43. The quantitative estimate of drug-likeness (QED) is 0.659. The van der Waals surface area contributed by atoms with E-state index in [2.05, 4.69) is 53.6 Å². The molecule has 2 fully saturated rings. The molecule has 0 aliphatic carbocycles. The summed E-state index contributed by atoms with van der Waals surface area (Å²) >= 11 is 0. The molecule has 0 unspecified atom stereocenters. The van der Waals surface area contributed by atoms with Crippen molar-refractivity contribution in [2.75, 3.05) is 20.2 Å². The van der Waals surface area contributed by atoms with E-state index in [9.17, 15) is 9.59 Å². The van der Waals surface area contributed by atoms with Crippen molar-refractivity contribution in [3.8, 4) is 5.75 Å². The summed E-state index contributed by atoms with van der Waals surface area (Å²) in [4.78, 5) is 27.2. The Morgan fingerprint density at radius 2 is 1.81 bits per heavy atom. The molecule has 2 aliphatic heterocycles. The van der Waals surface area contributed by atoms with Crippen LogP contribution in [0.3, 0.4) is 0 Å². The Labute approximate surface area is 184 Å². The maximum absolute atomic E-state index is 12.8. The first-order valence-electron chi connectivity index (χ1n) is 11.3. The van der Waals surface area contributed by atoms with Crippen LogP contribution in [0.15, 0.2) is 36.4 Å². The predicted octanol–water partition coefficient (Wildman–Crippen LogP) is 4.07. The van der Waals surface area contributed by atoms with Gasteiger partial charge in [-0.25, -0.2) is 4.79 Å². The highest BCUT2D eigenvalue weighted by atomic mass is 16.5. The number of hydrogen-bond donors (Lipinski definition) is 2. The minimum Gasteiger partial charge on any atom is -0.496 e. The highest BCUT2D eigenvalue weighted by molar-refractivity contribution is 6.07. The number of likely N-dealkylation sites (tertiary alicyclic amines) is 1. The molecule has 3 amide bonds. The van der Waals surface area contributed by atoms with Crippen LogP contribution in [0.1, 0.15) is 45.1 Å². The largest absolute Gasteiger partial charge is 0.496 e. The molecule has 6 nitrogen and oxygen atoms in total. The number of methoxy groups -OCH3 is 1. The number of ether oxygens (including phenoxy) is 1. The van der Waals surface area contributed by atoms with Crippen molar-refractivity contribution in [1.29, 1.82) is 0 Å². The van der Waals surface area contributed by atoms with E-state index in [1.54, 1.807) is 7.11 Å². The number of fused-ring (bicyclic) bond motifs is 1. The van der Waals surface area contributed by atoms with E-state index < -0.39 is 5.54 Å². The first-order chi connectivity index (χ1) is 14.9. The van der Waals surface area contributed by atoms with Crippen LogP contribution < -0.4 is 15.4 Å². The van der Waals surface area contributed by atoms with Gasteiger partial charge in [0.15, 0.2) is 0 Å². The van der Waals surface area contributed by atoms with Crippen molar-refractivity contribution in [3.63, 3.8) is 0 Å². The molecule has 0 bridgehead atoms. The summed E-state index contributed by atoms with van der Waals surface area (Å²) in [6.45, 7) is 7.01. The average molecular weight is 424 g/mol. The molecule has 4 rings (SSSR count). The second-order valence-electron chi connectivity index (χ2n) is 9.34. The summed E-state index contributed by atoms with van der Waals surface area (Å²) in [6, 6.07) is 12.2. The van der Waals surface area contributed by atoms with Gasteiger partial charge in [-0.05, 0) is 67.6 Å². The lowest BCUT2D eigenvalue weighted by Gasteiger charge is -2.41. The van der Waals surface area contributed by atoms with E-state index >= 15 is 0 Å². The second-order valence-corrected chi connectivity index (χ2v) is 9.34. The maximum Gasteiger partial charge on any atom is 0.322 e. The highest BCUT2D eigenvalue weighted by Gasteiger charge is 2.51. The number of rotatable bonds is 7. The molecule has 1 atom stereocenters. The Bertz CT molecular complexity index is 966. The number of urea groups is 1. The number of hydrogen-bond acceptors (Lipinski definition) is 4. The van der Waals surface area contributed by atoms with Crippen LogP contribution in [-0.4, -0.2) is 42.6 Å². The Morgan fingerprint density at radius 1 is 1.10 bits per heavy atom. The number of nitrogens with zero attached hydrogens (tertiary/aromatic N) is 1. The molecule has 6 heteroatoms. The summed E-state index contributed by atoms with van der Waals surface area (Å²) in [5, 5.41) is 7.86. The van der Waals surface area contributed by atoms with Gasteiger partial charge in [0.25, 0.3) is 5.91 Å². The third-order valence-corrected chi connectivity index (χ3v) is 6.96. The third-order valence-electron chi connectivity index (χ3n) is 6.96. The Morgan fingerprint density at radius 3 is 2.42 bits per heavy atom. The summed E-state index contributed by atoms with van der Waals surface area (Å²) in [5.74, 6) is 1.41. The van der Waals surface area contributed by atoms with Gasteiger partial charge in [0.05, 0.1) is 7.11 Å². The van der Waals surface area contributed by atoms with Gasteiger partial charge in [0.1, 0.15) is 11.3 Å². The third kappa shape index (κ3) is 4.26. The minimum atomic E-state index is -0.750. The number of amides is 3. The molecule has 0 spiro atoms. The monoisotopic (exact) mass is 423 g/mol. The lowest BCUT2D eigenvalue weighted by atomic mass is 9.74. The standard InChI is InChI=1S/C25H33N3O3/c1-17(2)10-13-25(23(29)26-24(30)27-25)19-11-14-28(15-12-19)16-18-8-9-22(31-3)21-7-5-4-6-20(18)21/h4-9,17,19H,10-16H2,1-3H3,(H2,26,27,29,30)/t25-/m1/s1. The Hall–Kier alpha value is -2.60. The van der Waals surface area contributed by atoms with Gasteiger partial charge in [-0.3, -0.25) is 15.0 Å². The van der Waals surface area contributed by atoms with Crippen LogP contribution in [0.2, 0.25) is 0 Å². The van der Waals surface area contributed by atoms with Crippen molar-refractivity contribution in [1.82, 2.24) is 15.5 Å². The maximum atomic E-state index is 12.8. The van der Waals surface area contributed by atoms with Crippen molar-refractivity contribution < 1.29 is 14.3 Å². The zero-order valence-electron chi connectivity index (χ0n) is 18.7. The molecule has 0 radical (unpaired) electrons. The zero-order chi connectivity index (χ0) is 22.0. The van der Waals surface area contributed by atoms with Gasteiger partial charge in [-0.2, -0.15) is 0 Å². The topological polar surface area (TPSA) is 70.7 Å². The fraction of sp³-hybridized carbons (Fsp3) is 0.520. The fourth-order valence-electron chi connectivity index (χ4n) is 5.16. The van der Waals surface area contributed by atoms with Gasteiger partial charge < -0.3 is 10.1 Å². The van der Waals surface area contributed by atoms with E-state index in [-0.39, 0.29) is 17.9 Å². The van der Waals surface area contributed by atoms with Crippen LogP contribution in [0.4, 0.5) is 4.79 Å². The molecule has 2 saturated heterocycles. The first kappa shape index (κ1) is 21.6. The van der Waals surface area contributed by atoms with Crippen LogP contribution in [0.5, 0.6) is 5.75 Å². The molecule has 31 heavy (non-hydrogen) atoms. The molecule has 2 N–H and O–H groups in total. The number of carbonyl (C=O) groups excluding carboxylic acids is 2. The molecule has 0 aromatic heterocycles. The number of carbonyl (C=O) groups is 2. The lowest BCUT2D eigenvalue weighted by Crippen LogP contribution is -2.56. The van der Waals surface area contributed by atoms with E-state index in [1.165, 1.54) is 10.9 Å². The smallest absolute Gasteiger partial charge is 0.322 e. The van der Waals surface area contributed by atoms with Crippen molar-refractivity contribution in [2.45, 2.75) is 51.6 Å². The van der Waals surface area contributed by atoms with Crippen molar-refractivity contribution >= 4 is 22.7 Å². The van der Waals surface area contributed by atoms with Gasteiger partial charge >= 0.3 is 6.03 Å². The van der Waals surface area contributed by atoms with Gasteiger partial charge in [-0.15, -0.1) is 0 Å². The Kier molecular flexibility index (Phi) is 6.19. The number of benzene rings is 2. The minimum absolute atomic E-state index is 0.141. The average Bonchev–Trinajstić information content (AvgIpc) is 3.07. The van der Waals surface area contributed by atoms with Gasteiger partial charge in [0, 0.05) is 11.9 Å². The van der Waals surface area contributed by atoms with Crippen molar-refractivity contribution in [2.24, 2.45) is 11.8 Å². The molecular formula is C25H33N3O3. The SMILES string of the molecule is COc1ccc(CN2CCC([C@@]3(CCC(C)C)NC(=O)NC3=O)CC2)c2ccccc12. The zero-order valence-corrected chi connectivity index (χ0v) is 18.7. The summed E-state index contributed by atoms with van der Waals surface area (Å²) in [7, 11) is 1.71. The molecule has 2 aliphatic rings. The van der Waals surface area contributed by atoms with Gasteiger partial charge in [-0.1, -0.05) is 44.2 Å². The number of imide groups is 1. The van der Waals surface area contributed by atoms with Gasteiger partial charge in [0.2, 0.25) is 0 Å². The molecule has 2 aromatic carbocycles. The van der Waals surface area contributed by atoms with E-state index in [0.717, 1.165) is 50.0 Å². The highest BCUT2D eigenvalue weighted by Crippen LogP contribution is 2.36. The van der Waals surface area contributed by atoms with Crippen LogP contribution >= 0.6 is 0 Å².